The maximum absolute atomic E-state index is 11.1. The Hall–Kier alpha value is -2.45. The predicted molar refractivity (Wildman–Crippen MR) is 50.9 cm³/mol. The highest BCUT2D eigenvalue weighted by Gasteiger charge is 2.11. The zero-order valence-electron chi connectivity index (χ0n) is 7.35. The number of aromatic amines is 1. The van der Waals surface area contributed by atoms with Gasteiger partial charge in [0.05, 0.1) is 0 Å². The first-order valence-corrected chi connectivity index (χ1v) is 3.73. The largest absolute Gasteiger partial charge is 0.480 e. The summed E-state index contributed by atoms with van der Waals surface area (Å²) in [5.41, 5.74) is 3.83. The number of aliphatic carboxylic acids is 1. The third-order valence-corrected chi connectivity index (χ3v) is 1.41. The van der Waals surface area contributed by atoms with E-state index in [1.165, 1.54) is 0 Å². The van der Waals surface area contributed by atoms with E-state index in [9.17, 15) is 14.5 Å². The highest BCUT2D eigenvalue weighted by molar-refractivity contribution is 5.74. The molecule has 9 nitrogen and oxygen atoms in total. The lowest BCUT2D eigenvalue weighted by molar-refractivity contribution is -0.134. The quantitative estimate of drug-likeness (QED) is 0.480. The Morgan fingerprint density at radius 2 is 2.33 bits per heavy atom. The molecule has 0 aliphatic rings. The van der Waals surface area contributed by atoms with Gasteiger partial charge in [-0.2, -0.15) is 4.98 Å². The molecule has 1 aromatic heterocycles. The number of carbonyl (C=O) groups is 1. The van der Waals surface area contributed by atoms with Gasteiger partial charge in [0.1, 0.15) is 6.54 Å². The summed E-state index contributed by atoms with van der Waals surface area (Å²) in [6, 6.07) is 0. The van der Waals surface area contributed by atoms with Crippen LogP contribution >= 0.6 is 0 Å². The van der Waals surface area contributed by atoms with E-state index in [2.05, 4.69) is 15.5 Å². The van der Waals surface area contributed by atoms with E-state index >= 15 is 0 Å². The van der Waals surface area contributed by atoms with Crippen LogP contribution < -0.4 is 16.6 Å². The molecule has 0 aliphatic heterocycles. The van der Waals surface area contributed by atoms with Crippen LogP contribution in [-0.4, -0.2) is 27.6 Å². The number of nitrogens with zero attached hydrogens (tertiary/aromatic N) is 2. The van der Waals surface area contributed by atoms with Crippen molar-refractivity contribution in [3.63, 3.8) is 0 Å². The Balaban J connectivity index is 3.09. The highest BCUT2D eigenvalue weighted by Crippen LogP contribution is 2.16. The van der Waals surface area contributed by atoms with E-state index in [4.69, 9.17) is 10.8 Å². The molecule has 0 unspecified atom stereocenters. The number of carboxylic acids is 1. The summed E-state index contributed by atoms with van der Waals surface area (Å²) in [6.45, 7) is -0.502. The SMILES string of the molecule is Nc1nc(NCC(=O)O)c(N=O)c(=O)[nH]1. The molecule has 5 N–H and O–H groups in total. The molecular formula is C6H7N5O4. The number of rotatable bonds is 4. The fourth-order valence-electron chi connectivity index (χ4n) is 0.852. The monoisotopic (exact) mass is 213 g/mol. The average molecular weight is 213 g/mol. The lowest BCUT2D eigenvalue weighted by atomic mass is 10.4. The van der Waals surface area contributed by atoms with Crippen molar-refractivity contribution >= 4 is 23.4 Å². The molecule has 0 aliphatic carbocycles. The molecule has 1 aromatic rings. The van der Waals surface area contributed by atoms with Crippen molar-refractivity contribution in [2.24, 2.45) is 5.18 Å². The van der Waals surface area contributed by atoms with E-state index < -0.39 is 23.8 Å². The van der Waals surface area contributed by atoms with E-state index in [1.807, 2.05) is 4.98 Å². The lowest BCUT2D eigenvalue weighted by Crippen LogP contribution is -2.18. The first-order chi connectivity index (χ1) is 7.04. The molecule has 0 saturated carbocycles. The van der Waals surface area contributed by atoms with Gasteiger partial charge in [-0.05, 0) is 5.18 Å². The zero-order valence-corrected chi connectivity index (χ0v) is 7.35. The van der Waals surface area contributed by atoms with Gasteiger partial charge in [0.15, 0.2) is 5.82 Å². The second kappa shape index (κ2) is 4.17. The van der Waals surface area contributed by atoms with Gasteiger partial charge in [0.2, 0.25) is 11.6 Å². The van der Waals surface area contributed by atoms with Crippen molar-refractivity contribution in [3.05, 3.63) is 15.3 Å². The Bertz CT molecular complexity index is 453. The Labute approximate surface area is 82.3 Å². The fraction of sp³-hybridized carbons (Fsp3) is 0.167. The van der Waals surface area contributed by atoms with Crippen LogP contribution in [0.2, 0.25) is 0 Å². The number of hydrogen-bond acceptors (Lipinski definition) is 7. The molecule has 9 heteroatoms. The molecule has 0 atom stereocenters. The van der Waals surface area contributed by atoms with Gasteiger partial charge in [0, 0.05) is 0 Å². The van der Waals surface area contributed by atoms with Crippen molar-refractivity contribution in [1.29, 1.82) is 0 Å². The molecule has 0 bridgehead atoms. The number of hydrogen-bond donors (Lipinski definition) is 4. The summed E-state index contributed by atoms with van der Waals surface area (Å²) < 4.78 is 0. The molecule has 0 amide bonds. The predicted octanol–water partition coefficient (Wildman–Crippen LogP) is -0.753. The topological polar surface area (TPSA) is 151 Å². The summed E-state index contributed by atoms with van der Waals surface area (Å²) in [5.74, 6) is -1.67. The first kappa shape index (κ1) is 10.6. The molecule has 1 heterocycles. The molecule has 0 saturated heterocycles. The number of aromatic nitrogens is 2. The molecule has 1 rings (SSSR count). The van der Waals surface area contributed by atoms with Crippen LogP contribution in [0.15, 0.2) is 9.97 Å². The molecule has 0 fully saturated rings. The van der Waals surface area contributed by atoms with Gasteiger partial charge in [-0.25, -0.2) is 0 Å². The molecule has 15 heavy (non-hydrogen) atoms. The fourth-order valence-corrected chi connectivity index (χ4v) is 0.852. The average Bonchev–Trinajstić information content (AvgIpc) is 2.13. The van der Waals surface area contributed by atoms with Crippen LogP contribution in [0.5, 0.6) is 0 Å². The van der Waals surface area contributed by atoms with Crippen LogP contribution in [0, 0.1) is 4.91 Å². The maximum atomic E-state index is 11.1. The standard InChI is InChI=1S/C6H7N5O4/c7-6-9-4(8-1-2(12)13)3(11-15)5(14)10-6/h1H2,(H,12,13)(H4,7,8,9,10,14). The molecule has 0 spiro atoms. The normalized spacial score (nSPS) is 9.60. The molecule has 0 radical (unpaired) electrons. The number of H-pyrrole nitrogens is 1. The molecule has 0 aromatic carbocycles. The van der Waals surface area contributed by atoms with Gasteiger partial charge >= 0.3 is 5.97 Å². The summed E-state index contributed by atoms with van der Waals surface area (Å²) in [4.78, 5) is 37.2. The Morgan fingerprint density at radius 1 is 1.67 bits per heavy atom. The number of nitroso groups, excluding NO2 is 1. The van der Waals surface area contributed by atoms with Gasteiger partial charge in [-0.3, -0.25) is 14.6 Å². The second-order valence-electron chi connectivity index (χ2n) is 2.49. The summed E-state index contributed by atoms with van der Waals surface area (Å²) >= 11 is 0. The van der Waals surface area contributed by atoms with Crippen molar-refractivity contribution in [1.82, 2.24) is 9.97 Å². The molecular weight excluding hydrogens is 206 g/mol. The summed E-state index contributed by atoms with van der Waals surface area (Å²) in [7, 11) is 0. The Morgan fingerprint density at radius 3 is 2.87 bits per heavy atom. The van der Waals surface area contributed by atoms with Crippen molar-refractivity contribution in [2.45, 2.75) is 0 Å². The van der Waals surface area contributed by atoms with Crippen molar-refractivity contribution in [2.75, 3.05) is 17.6 Å². The lowest BCUT2D eigenvalue weighted by Gasteiger charge is -2.03. The second-order valence-corrected chi connectivity index (χ2v) is 2.49. The number of nitrogens with two attached hydrogens (primary N) is 1. The third-order valence-electron chi connectivity index (χ3n) is 1.41. The van der Waals surface area contributed by atoms with Gasteiger partial charge < -0.3 is 16.2 Å². The van der Waals surface area contributed by atoms with Gasteiger partial charge in [-0.15, -0.1) is 4.91 Å². The van der Waals surface area contributed by atoms with E-state index in [1.54, 1.807) is 0 Å². The number of nitrogens with one attached hydrogen (secondary N) is 2. The van der Waals surface area contributed by atoms with Gasteiger partial charge in [-0.1, -0.05) is 0 Å². The third kappa shape index (κ3) is 2.49. The van der Waals surface area contributed by atoms with E-state index in [-0.39, 0.29) is 11.8 Å². The Kier molecular flexibility index (Phi) is 2.96. The van der Waals surface area contributed by atoms with Crippen molar-refractivity contribution < 1.29 is 9.90 Å². The first-order valence-electron chi connectivity index (χ1n) is 3.73. The number of carboxylic acid groups (broad SMARTS) is 1. The van der Waals surface area contributed by atoms with E-state index in [0.717, 1.165) is 0 Å². The van der Waals surface area contributed by atoms with Crippen LogP contribution in [0.3, 0.4) is 0 Å². The minimum atomic E-state index is -1.17. The summed E-state index contributed by atoms with van der Waals surface area (Å²) in [5, 5.41) is 13.0. The van der Waals surface area contributed by atoms with E-state index in [0.29, 0.717) is 0 Å². The van der Waals surface area contributed by atoms with Crippen molar-refractivity contribution in [3.8, 4) is 0 Å². The highest BCUT2D eigenvalue weighted by atomic mass is 16.4. The smallest absolute Gasteiger partial charge is 0.322 e. The summed E-state index contributed by atoms with van der Waals surface area (Å²) in [6.07, 6.45) is 0. The maximum Gasteiger partial charge on any atom is 0.322 e. The number of anilines is 2. The minimum absolute atomic E-state index is 0.236. The van der Waals surface area contributed by atoms with Crippen LogP contribution in [0.1, 0.15) is 0 Å². The molecule has 80 valence electrons. The van der Waals surface area contributed by atoms with Gasteiger partial charge in [0.25, 0.3) is 5.56 Å². The zero-order chi connectivity index (χ0) is 11.4. The van der Waals surface area contributed by atoms with Crippen LogP contribution in [-0.2, 0) is 4.79 Å². The minimum Gasteiger partial charge on any atom is -0.480 e. The van der Waals surface area contributed by atoms with Crippen LogP contribution in [0.4, 0.5) is 17.5 Å². The van der Waals surface area contributed by atoms with Crippen LogP contribution in [0.25, 0.3) is 0 Å². The number of nitrogen functional groups attached to an aromatic ring is 1.